The van der Waals surface area contributed by atoms with Crippen LogP contribution in [-0.2, 0) is 0 Å². The van der Waals surface area contributed by atoms with Crippen molar-refractivity contribution in [2.45, 2.75) is 0 Å². The average molecular weight is 604 g/mol. The monoisotopic (exact) mass is 603 g/mol. The van der Waals surface area contributed by atoms with Crippen molar-refractivity contribution in [2.24, 2.45) is 0 Å². The molecule has 1 nitrogen and oxygen atoms in total. The Kier molecular flexibility index (Phi) is 6.40. The average Bonchev–Trinajstić information content (AvgIpc) is 3.48. The first-order valence-electron chi connectivity index (χ1n) is 15.7. The summed E-state index contributed by atoms with van der Waals surface area (Å²) in [4.78, 5) is 2.39. The van der Waals surface area contributed by atoms with Gasteiger partial charge in [-0.3, -0.25) is 0 Å². The van der Waals surface area contributed by atoms with Crippen LogP contribution in [0.2, 0.25) is 0 Å². The van der Waals surface area contributed by atoms with E-state index in [4.69, 9.17) is 0 Å². The molecule has 0 amide bonds. The molecule has 0 aliphatic rings. The third-order valence-electron chi connectivity index (χ3n) is 9.00. The molecule has 0 aliphatic heterocycles. The molecule has 0 unspecified atom stereocenters. The molecule has 216 valence electrons. The van der Waals surface area contributed by atoms with Gasteiger partial charge in [0.05, 0.1) is 0 Å². The van der Waals surface area contributed by atoms with Gasteiger partial charge in [0.15, 0.2) is 0 Å². The Balaban J connectivity index is 1.23. The van der Waals surface area contributed by atoms with E-state index in [2.05, 4.69) is 181 Å². The maximum absolute atomic E-state index is 2.39. The zero-order chi connectivity index (χ0) is 30.5. The van der Waals surface area contributed by atoms with Crippen LogP contribution < -0.4 is 4.90 Å². The highest BCUT2D eigenvalue weighted by Crippen LogP contribution is 2.44. The van der Waals surface area contributed by atoms with Gasteiger partial charge in [0, 0.05) is 37.2 Å². The van der Waals surface area contributed by atoms with E-state index in [-0.39, 0.29) is 0 Å². The maximum Gasteiger partial charge on any atom is 0.0476 e. The van der Waals surface area contributed by atoms with Crippen LogP contribution in [0.1, 0.15) is 0 Å². The lowest BCUT2D eigenvalue weighted by Crippen LogP contribution is -2.10. The van der Waals surface area contributed by atoms with Crippen molar-refractivity contribution < 1.29 is 0 Å². The molecule has 0 radical (unpaired) electrons. The van der Waals surface area contributed by atoms with Gasteiger partial charge in [-0.1, -0.05) is 121 Å². The molecular weight excluding hydrogens is 575 g/mol. The Bertz CT molecular complexity index is 2530. The first kappa shape index (κ1) is 26.7. The number of hydrogen-bond acceptors (Lipinski definition) is 2. The fourth-order valence-electron chi connectivity index (χ4n) is 6.75. The van der Waals surface area contributed by atoms with E-state index in [1.807, 2.05) is 11.3 Å². The minimum Gasteiger partial charge on any atom is -0.310 e. The molecule has 0 N–H and O–H groups in total. The molecule has 46 heavy (non-hydrogen) atoms. The highest BCUT2D eigenvalue weighted by atomic mass is 32.1. The molecule has 0 saturated carbocycles. The molecular formula is C44H29NS. The summed E-state index contributed by atoms with van der Waals surface area (Å²) in [5, 5.41) is 7.70. The van der Waals surface area contributed by atoms with Crippen molar-refractivity contribution in [2.75, 3.05) is 4.90 Å². The number of rotatable bonds is 5. The number of nitrogens with zero attached hydrogens (tertiary/aromatic N) is 1. The van der Waals surface area contributed by atoms with E-state index in [0.717, 1.165) is 17.1 Å². The van der Waals surface area contributed by atoms with Crippen LogP contribution in [0.15, 0.2) is 176 Å². The van der Waals surface area contributed by atoms with Crippen LogP contribution in [0.5, 0.6) is 0 Å². The fourth-order valence-corrected chi connectivity index (χ4v) is 7.92. The van der Waals surface area contributed by atoms with Gasteiger partial charge in [0.25, 0.3) is 0 Å². The topological polar surface area (TPSA) is 3.24 Å². The van der Waals surface area contributed by atoms with Crippen molar-refractivity contribution >= 4 is 70.1 Å². The molecule has 1 heterocycles. The molecule has 8 aromatic carbocycles. The van der Waals surface area contributed by atoms with Gasteiger partial charge in [0.1, 0.15) is 0 Å². The molecule has 0 fully saturated rings. The Morgan fingerprint density at radius 2 is 0.935 bits per heavy atom. The summed E-state index contributed by atoms with van der Waals surface area (Å²) in [7, 11) is 0. The van der Waals surface area contributed by atoms with Crippen molar-refractivity contribution in [1.82, 2.24) is 0 Å². The minimum absolute atomic E-state index is 1.13. The van der Waals surface area contributed by atoms with Crippen LogP contribution in [-0.4, -0.2) is 0 Å². The summed E-state index contributed by atoms with van der Waals surface area (Å²) < 4.78 is 2.61. The van der Waals surface area contributed by atoms with Gasteiger partial charge >= 0.3 is 0 Å². The zero-order valence-electron chi connectivity index (χ0n) is 25.1. The summed E-state index contributed by atoms with van der Waals surface area (Å²) in [6.07, 6.45) is 0. The first-order chi connectivity index (χ1) is 22.8. The molecule has 1 aromatic heterocycles. The predicted octanol–water partition coefficient (Wildman–Crippen LogP) is 13.2. The maximum atomic E-state index is 2.39. The van der Waals surface area contributed by atoms with E-state index in [9.17, 15) is 0 Å². The van der Waals surface area contributed by atoms with Crippen LogP contribution in [0.4, 0.5) is 17.1 Å². The summed E-state index contributed by atoms with van der Waals surface area (Å²) in [6, 6.07) is 64.0. The minimum atomic E-state index is 1.13. The van der Waals surface area contributed by atoms with Crippen molar-refractivity contribution in [3.63, 3.8) is 0 Å². The highest BCUT2D eigenvalue weighted by molar-refractivity contribution is 7.25. The number of para-hydroxylation sites is 1. The molecule has 2 heteroatoms. The summed E-state index contributed by atoms with van der Waals surface area (Å²) >= 11 is 1.87. The summed E-state index contributed by atoms with van der Waals surface area (Å²) in [5.41, 5.74) is 8.26. The standard InChI is InChI=1S/C44H29NS/c1-3-12-31(13-4-1)41-28-37(21-23-39(41)35-20-19-30-11-7-8-14-32(30)25-35)45(36-17-5-2-6-18-36)38-22-24-40-42-26-33-15-9-10-16-34(33)27-43(42)46-44(40)29-38/h1-29H. The first-order valence-corrected chi connectivity index (χ1v) is 16.5. The summed E-state index contributed by atoms with van der Waals surface area (Å²) in [5.74, 6) is 0. The second-order valence-corrected chi connectivity index (χ2v) is 12.9. The fraction of sp³-hybridized carbons (Fsp3) is 0. The molecule has 0 saturated heterocycles. The second kappa shape index (κ2) is 11.0. The molecule has 0 atom stereocenters. The lowest BCUT2D eigenvalue weighted by atomic mass is 9.92. The van der Waals surface area contributed by atoms with Gasteiger partial charge in [-0.25, -0.2) is 0 Å². The normalized spacial score (nSPS) is 11.5. The third kappa shape index (κ3) is 4.63. The van der Waals surface area contributed by atoms with Crippen LogP contribution >= 0.6 is 11.3 Å². The van der Waals surface area contributed by atoms with E-state index < -0.39 is 0 Å². The Labute approximate surface area is 272 Å². The van der Waals surface area contributed by atoms with Gasteiger partial charge < -0.3 is 4.90 Å². The smallest absolute Gasteiger partial charge is 0.0476 e. The van der Waals surface area contributed by atoms with E-state index in [1.165, 1.54) is 64.0 Å². The predicted molar refractivity (Wildman–Crippen MR) is 200 cm³/mol. The van der Waals surface area contributed by atoms with Gasteiger partial charge in [-0.2, -0.15) is 0 Å². The number of benzene rings is 8. The Morgan fingerprint density at radius 1 is 0.326 bits per heavy atom. The summed E-state index contributed by atoms with van der Waals surface area (Å²) in [6.45, 7) is 0. The van der Waals surface area contributed by atoms with Crippen molar-refractivity contribution in [3.8, 4) is 22.3 Å². The van der Waals surface area contributed by atoms with E-state index >= 15 is 0 Å². The van der Waals surface area contributed by atoms with Crippen molar-refractivity contribution in [3.05, 3.63) is 176 Å². The van der Waals surface area contributed by atoms with Gasteiger partial charge in [0.2, 0.25) is 0 Å². The molecule has 0 aliphatic carbocycles. The lowest BCUT2D eigenvalue weighted by Gasteiger charge is -2.27. The van der Waals surface area contributed by atoms with Crippen LogP contribution in [0.3, 0.4) is 0 Å². The van der Waals surface area contributed by atoms with Crippen LogP contribution in [0.25, 0.3) is 64.0 Å². The van der Waals surface area contributed by atoms with Crippen LogP contribution in [0, 0.1) is 0 Å². The van der Waals surface area contributed by atoms with Gasteiger partial charge in [-0.05, 0) is 98.4 Å². The largest absolute Gasteiger partial charge is 0.310 e. The van der Waals surface area contributed by atoms with Gasteiger partial charge in [-0.15, -0.1) is 11.3 Å². The Hall–Kier alpha value is -5.70. The van der Waals surface area contributed by atoms with E-state index in [0.29, 0.717) is 0 Å². The molecule has 0 bridgehead atoms. The number of anilines is 3. The molecule has 9 aromatic rings. The number of thiophene rings is 1. The zero-order valence-corrected chi connectivity index (χ0v) is 25.9. The van der Waals surface area contributed by atoms with E-state index in [1.54, 1.807) is 0 Å². The SMILES string of the molecule is c1ccc(-c2cc(N(c3ccccc3)c3ccc4c(c3)sc3cc5ccccc5cc34)ccc2-c2ccc3ccccc3c2)cc1. The second-order valence-electron chi connectivity index (χ2n) is 11.8. The lowest BCUT2D eigenvalue weighted by molar-refractivity contribution is 1.29. The van der Waals surface area contributed by atoms with Crippen molar-refractivity contribution in [1.29, 1.82) is 0 Å². The quantitative estimate of drug-likeness (QED) is 0.189. The Morgan fingerprint density at radius 3 is 1.72 bits per heavy atom. The molecule has 9 rings (SSSR count). The molecule has 0 spiro atoms. The number of hydrogen-bond donors (Lipinski definition) is 0. The highest BCUT2D eigenvalue weighted by Gasteiger charge is 2.18. The third-order valence-corrected chi connectivity index (χ3v) is 10.1. The number of fused-ring (bicyclic) bond motifs is 5.